The van der Waals surface area contributed by atoms with Gasteiger partial charge in [0.2, 0.25) is 11.8 Å². The fraction of sp³-hybridized carbons (Fsp3) is 0.312. The van der Waals surface area contributed by atoms with Crippen LogP contribution >= 0.6 is 0 Å². The van der Waals surface area contributed by atoms with Gasteiger partial charge in [-0.15, -0.1) is 0 Å². The van der Waals surface area contributed by atoms with Crippen molar-refractivity contribution in [3.8, 4) is 0 Å². The SMILES string of the molecule is CCCC(=O)Nc1ccc(NC(=O)/C=C/C(=O)OCC)cc1. The summed E-state index contributed by atoms with van der Waals surface area (Å²) in [6, 6.07) is 6.71. The van der Waals surface area contributed by atoms with Crippen LogP contribution in [0.3, 0.4) is 0 Å². The molecule has 0 aromatic heterocycles. The molecule has 118 valence electrons. The molecule has 0 radical (unpaired) electrons. The topological polar surface area (TPSA) is 84.5 Å². The number of hydrogen-bond acceptors (Lipinski definition) is 4. The van der Waals surface area contributed by atoms with Gasteiger partial charge in [0.25, 0.3) is 0 Å². The summed E-state index contributed by atoms with van der Waals surface area (Å²) in [7, 11) is 0. The third kappa shape index (κ3) is 6.69. The number of amides is 2. The molecular weight excluding hydrogens is 284 g/mol. The molecular formula is C16H20N2O4. The largest absolute Gasteiger partial charge is 0.463 e. The van der Waals surface area contributed by atoms with Crippen LogP contribution in [-0.4, -0.2) is 24.4 Å². The standard InChI is InChI=1S/C16H20N2O4/c1-3-5-14(19)17-12-6-8-13(9-7-12)18-15(20)10-11-16(21)22-4-2/h6-11H,3-5H2,1-2H3,(H,17,19)(H,18,20)/b11-10+. The highest BCUT2D eigenvalue weighted by molar-refractivity contribution is 6.02. The lowest BCUT2D eigenvalue weighted by molar-refractivity contribution is -0.137. The number of esters is 1. The van der Waals surface area contributed by atoms with Crippen LogP contribution in [-0.2, 0) is 19.1 Å². The van der Waals surface area contributed by atoms with Crippen LogP contribution in [0.25, 0.3) is 0 Å². The van der Waals surface area contributed by atoms with Crippen molar-refractivity contribution in [2.24, 2.45) is 0 Å². The second kappa shape index (κ2) is 9.33. The Bertz CT molecular complexity index is 550. The number of anilines is 2. The van der Waals surface area contributed by atoms with Crippen LogP contribution in [0.15, 0.2) is 36.4 Å². The molecule has 6 nitrogen and oxygen atoms in total. The lowest BCUT2D eigenvalue weighted by atomic mass is 10.2. The molecule has 0 heterocycles. The molecule has 0 saturated heterocycles. The maximum Gasteiger partial charge on any atom is 0.330 e. The molecule has 0 fully saturated rings. The maximum absolute atomic E-state index is 11.6. The number of ether oxygens (including phenoxy) is 1. The maximum atomic E-state index is 11.6. The first-order valence-corrected chi connectivity index (χ1v) is 7.10. The summed E-state index contributed by atoms with van der Waals surface area (Å²) in [6.07, 6.45) is 3.43. The number of carbonyl (C=O) groups excluding carboxylic acids is 3. The highest BCUT2D eigenvalue weighted by Crippen LogP contribution is 2.14. The number of nitrogens with one attached hydrogen (secondary N) is 2. The molecule has 22 heavy (non-hydrogen) atoms. The third-order valence-corrected chi connectivity index (χ3v) is 2.57. The zero-order chi connectivity index (χ0) is 16.4. The van der Waals surface area contributed by atoms with Gasteiger partial charge in [-0.1, -0.05) is 6.92 Å². The minimum atomic E-state index is -0.563. The molecule has 0 aliphatic rings. The molecule has 0 atom stereocenters. The fourth-order valence-corrected chi connectivity index (χ4v) is 1.61. The van der Waals surface area contributed by atoms with Crippen LogP contribution in [0.5, 0.6) is 0 Å². The zero-order valence-electron chi connectivity index (χ0n) is 12.7. The fourth-order valence-electron chi connectivity index (χ4n) is 1.61. The van der Waals surface area contributed by atoms with E-state index in [1.165, 1.54) is 0 Å². The van der Waals surface area contributed by atoms with Gasteiger partial charge in [0, 0.05) is 29.9 Å². The van der Waals surface area contributed by atoms with Gasteiger partial charge in [0.05, 0.1) is 6.61 Å². The normalized spacial score (nSPS) is 10.3. The van der Waals surface area contributed by atoms with E-state index >= 15 is 0 Å². The molecule has 6 heteroatoms. The second-order valence-corrected chi connectivity index (χ2v) is 4.45. The van der Waals surface area contributed by atoms with Crippen molar-refractivity contribution in [2.45, 2.75) is 26.7 Å². The highest BCUT2D eigenvalue weighted by atomic mass is 16.5. The van der Waals surface area contributed by atoms with E-state index in [-0.39, 0.29) is 12.5 Å². The molecule has 1 aromatic rings. The Morgan fingerprint density at radius 2 is 1.59 bits per heavy atom. The zero-order valence-corrected chi connectivity index (χ0v) is 12.7. The quantitative estimate of drug-likeness (QED) is 0.598. The van der Waals surface area contributed by atoms with Gasteiger partial charge in [-0.25, -0.2) is 4.79 Å². The van der Waals surface area contributed by atoms with Crippen LogP contribution in [0.4, 0.5) is 11.4 Å². The first-order chi connectivity index (χ1) is 10.5. The first kappa shape index (κ1) is 17.4. The van der Waals surface area contributed by atoms with Crippen molar-refractivity contribution >= 4 is 29.2 Å². The van der Waals surface area contributed by atoms with E-state index in [1.807, 2.05) is 6.92 Å². The number of rotatable bonds is 7. The van der Waals surface area contributed by atoms with Crippen molar-refractivity contribution < 1.29 is 19.1 Å². The average molecular weight is 304 g/mol. The molecule has 0 spiro atoms. The monoisotopic (exact) mass is 304 g/mol. The minimum absolute atomic E-state index is 0.0448. The predicted octanol–water partition coefficient (Wildman–Crippen LogP) is 2.48. The van der Waals surface area contributed by atoms with Gasteiger partial charge in [-0.3, -0.25) is 9.59 Å². The summed E-state index contributed by atoms with van der Waals surface area (Å²) < 4.78 is 4.67. The molecule has 1 rings (SSSR count). The van der Waals surface area contributed by atoms with Crippen LogP contribution in [0.1, 0.15) is 26.7 Å². The van der Waals surface area contributed by atoms with Gasteiger partial charge in [-0.2, -0.15) is 0 Å². The molecule has 1 aromatic carbocycles. The molecule has 0 saturated carbocycles. The Morgan fingerprint density at radius 3 is 2.14 bits per heavy atom. The van der Waals surface area contributed by atoms with Crippen LogP contribution in [0, 0.1) is 0 Å². The number of hydrogen-bond donors (Lipinski definition) is 2. The van der Waals surface area contributed by atoms with Crippen molar-refractivity contribution in [3.05, 3.63) is 36.4 Å². The smallest absolute Gasteiger partial charge is 0.330 e. The van der Waals surface area contributed by atoms with E-state index in [0.29, 0.717) is 17.8 Å². The summed E-state index contributed by atoms with van der Waals surface area (Å²) in [5.41, 5.74) is 1.23. The third-order valence-electron chi connectivity index (χ3n) is 2.57. The molecule has 0 aliphatic heterocycles. The van der Waals surface area contributed by atoms with Gasteiger partial charge in [-0.05, 0) is 37.6 Å². The summed E-state index contributed by atoms with van der Waals surface area (Å²) in [6.45, 7) is 3.88. The molecule has 2 N–H and O–H groups in total. The Balaban J connectivity index is 2.51. The molecule has 0 aliphatic carbocycles. The van der Waals surface area contributed by atoms with Gasteiger partial charge < -0.3 is 15.4 Å². The number of benzene rings is 1. The summed E-state index contributed by atoms with van der Waals surface area (Å²) in [4.78, 5) is 34.1. The van der Waals surface area contributed by atoms with Crippen molar-refractivity contribution in [1.29, 1.82) is 0 Å². The summed E-state index contributed by atoms with van der Waals surface area (Å²) in [5.74, 6) is -1.04. The van der Waals surface area contributed by atoms with E-state index in [1.54, 1.807) is 31.2 Å². The van der Waals surface area contributed by atoms with Gasteiger partial charge in [0.15, 0.2) is 0 Å². The van der Waals surface area contributed by atoms with E-state index in [9.17, 15) is 14.4 Å². The summed E-state index contributed by atoms with van der Waals surface area (Å²) >= 11 is 0. The molecule has 0 bridgehead atoms. The van der Waals surface area contributed by atoms with E-state index < -0.39 is 11.9 Å². The molecule has 0 unspecified atom stereocenters. The Hall–Kier alpha value is -2.63. The summed E-state index contributed by atoms with van der Waals surface area (Å²) in [5, 5.41) is 5.35. The molecule has 2 amide bonds. The van der Waals surface area contributed by atoms with E-state index in [0.717, 1.165) is 18.6 Å². The Morgan fingerprint density at radius 1 is 1.00 bits per heavy atom. The second-order valence-electron chi connectivity index (χ2n) is 4.45. The van der Waals surface area contributed by atoms with E-state index in [4.69, 9.17) is 0 Å². The number of carbonyl (C=O) groups is 3. The first-order valence-electron chi connectivity index (χ1n) is 7.10. The van der Waals surface area contributed by atoms with Crippen molar-refractivity contribution in [3.63, 3.8) is 0 Å². The van der Waals surface area contributed by atoms with E-state index in [2.05, 4.69) is 15.4 Å². The highest BCUT2D eigenvalue weighted by Gasteiger charge is 2.02. The van der Waals surface area contributed by atoms with Gasteiger partial charge >= 0.3 is 5.97 Å². The Labute approximate surface area is 129 Å². The lowest BCUT2D eigenvalue weighted by Gasteiger charge is -2.06. The van der Waals surface area contributed by atoms with Gasteiger partial charge in [0.1, 0.15) is 0 Å². The van der Waals surface area contributed by atoms with Crippen molar-refractivity contribution in [2.75, 3.05) is 17.2 Å². The van der Waals surface area contributed by atoms with Crippen molar-refractivity contribution in [1.82, 2.24) is 0 Å². The lowest BCUT2D eigenvalue weighted by Crippen LogP contribution is -2.11. The van der Waals surface area contributed by atoms with Crippen LogP contribution < -0.4 is 10.6 Å². The minimum Gasteiger partial charge on any atom is -0.463 e. The average Bonchev–Trinajstić information content (AvgIpc) is 2.48. The Kier molecular flexibility index (Phi) is 7.39. The predicted molar refractivity (Wildman–Crippen MR) is 84.4 cm³/mol. The van der Waals surface area contributed by atoms with Crippen LogP contribution in [0.2, 0.25) is 0 Å².